The molecule has 0 radical (unpaired) electrons. The van der Waals surface area contributed by atoms with Crippen molar-refractivity contribution >= 4 is 17.4 Å². The van der Waals surface area contributed by atoms with Crippen LogP contribution in [0.15, 0.2) is 60.2 Å². The van der Waals surface area contributed by atoms with Crippen molar-refractivity contribution in [2.24, 2.45) is 0 Å². The third-order valence-corrected chi connectivity index (χ3v) is 6.55. The zero-order chi connectivity index (χ0) is 25.2. The number of Topliss-reactive ketones (excluding diaryl/α,β-unsaturated/α-hetero) is 1. The monoisotopic (exact) mass is 478 g/mol. The minimum Gasteiger partial charge on any atom is -0.507 e. The maximum atomic E-state index is 13.2. The zero-order valence-corrected chi connectivity index (χ0v) is 21.2. The van der Waals surface area contributed by atoms with E-state index in [0.29, 0.717) is 24.5 Å². The van der Waals surface area contributed by atoms with Gasteiger partial charge in [0, 0.05) is 12.1 Å². The van der Waals surface area contributed by atoms with Gasteiger partial charge in [0.2, 0.25) is 0 Å². The Balaban J connectivity index is 1.96. The number of carbonyl (C=O) groups is 2. The molecule has 2 aromatic rings. The molecule has 0 bridgehead atoms. The number of benzene rings is 2. The van der Waals surface area contributed by atoms with Gasteiger partial charge in [0.25, 0.3) is 11.7 Å². The predicted molar refractivity (Wildman–Crippen MR) is 139 cm³/mol. The second-order valence-corrected chi connectivity index (χ2v) is 8.87. The van der Waals surface area contributed by atoms with E-state index in [0.717, 1.165) is 50.9 Å². The van der Waals surface area contributed by atoms with Gasteiger partial charge in [-0.25, -0.2) is 0 Å². The van der Waals surface area contributed by atoms with Crippen molar-refractivity contribution in [1.29, 1.82) is 0 Å². The summed E-state index contributed by atoms with van der Waals surface area (Å²) < 4.78 is 5.95. The Hall–Kier alpha value is -3.12. The molecule has 6 nitrogen and oxygen atoms in total. The Bertz CT molecular complexity index is 1010. The van der Waals surface area contributed by atoms with Gasteiger partial charge >= 0.3 is 0 Å². The first-order valence-corrected chi connectivity index (χ1v) is 12.8. The van der Waals surface area contributed by atoms with Crippen molar-refractivity contribution in [3.8, 4) is 5.75 Å². The van der Waals surface area contributed by atoms with Crippen LogP contribution in [0.3, 0.4) is 0 Å². The molecule has 1 saturated heterocycles. The molecule has 1 heterocycles. The van der Waals surface area contributed by atoms with E-state index < -0.39 is 17.7 Å². The molecule has 188 valence electrons. The Morgan fingerprint density at radius 3 is 2.40 bits per heavy atom. The summed E-state index contributed by atoms with van der Waals surface area (Å²) in [5.74, 6) is -0.656. The molecule has 1 fully saturated rings. The van der Waals surface area contributed by atoms with Gasteiger partial charge in [-0.3, -0.25) is 9.59 Å². The second-order valence-electron chi connectivity index (χ2n) is 8.87. The van der Waals surface area contributed by atoms with Gasteiger partial charge in [-0.1, -0.05) is 76.1 Å². The molecular weight excluding hydrogens is 440 g/mol. The highest BCUT2D eigenvalue weighted by Crippen LogP contribution is 2.40. The molecule has 1 N–H and O–H groups in total. The third-order valence-electron chi connectivity index (χ3n) is 6.55. The number of likely N-dealkylation sites (tertiary alicyclic amines) is 1. The Labute approximate surface area is 209 Å². The minimum absolute atomic E-state index is 0.132. The summed E-state index contributed by atoms with van der Waals surface area (Å²) in [6.45, 7) is 10.1. The quantitative estimate of drug-likeness (QED) is 0.180. The Morgan fingerprint density at radius 1 is 0.971 bits per heavy atom. The lowest BCUT2D eigenvalue weighted by atomic mass is 9.95. The maximum Gasteiger partial charge on any atom is 0.295 e. The molecule has 1 amide bonds. The van der Waals surface area contributed by atoms with Gasteiger partial charge in [-0.05, 0) is 50.2 Å². The molecule has 3 rings (SSSR count). The molecule has 6 heteroatoms. The normalized spacial score (nSPS) is 17.4. The van der Waals surface area contributed by atoms with Gasteiger partial charge in [0.1, 0.15) is 11.5 Å². The van der Waals surface area contributed by atoms with Crippen LogP contribution in [0.4, 0.5) is 0 Å². The number of ketones is 1. The number of ether oxygens (including phenoxy) is 1. The molecule has 0 aromatic heterocycles. The molecule has 0 unspecified atom stereocenters. The highest BCUT2D eigenvalue weighted by molar-refractivity contribution is 6.46. The lowest BCUT2D eigenvalue weighted by Gasteiger charge is -2.27. The molecule has 1 aliphatic heterocycles. The number of aliphatic hydroxyl groups is 1. The average Bonchev–Trinajstić information content (AvgIpc) is 3.14. The van der Waals surface area contributed by atoms with Crippen molar-refractivity contribution in [2.45, 2.75) is 52.5 Å². The van der Waals surface area contributed by atoms with Crippen LogP contribution in [0.25, 0.3) is 5.76 Å². The molecule has 0 saturated carbocycles. The highest BCUT2D eigenvalue weighted by atomic mass is 16.5. The molecule has 0 aliphatic carbocycles. The number of hydrogen-bond acceptors (Lipinski definition) is 5. The highest BCUT2D eigenvalue weighted by Gasteiger charge is 2.45. The van der Waals surface area contributed by atoms with Gasteiger partial charge in [-0.15, -0.1) is 0 Å². The molecule has 0 spiro atoms. The van der Waals surface area contributed by atoms with Crippen LogP contribution in [-0.4, -0.2) is 59.4 Å². The summed E-state index contributed by atoms with van der Waals surface area (Å²) in [6.07, 6.45) is 3.93. The number of nitrogens with zero attached hydrogens (tertiary/aromatic N) is 2. The summed E-state index contributed by atoms with van der Waals surface area (Å²) in [5.41, 5.74) is 1.41. The van der Waals surface area contributed by atoms with Gasteiger partial charge in [0.15, 0.2) is 0 Å². The van der Waals surface area contributed by atoms with Crippen LogP contribution in [0.5, 0.6) is 5.75 Å². The van der Waals surface area contributed by atoms with E-state index in [2.05, 4.69) is 25.7 Å². The van der Waals surface area contributed by atoms with E-state index in [4.69, 9.17) is 4.74 Å². The minimum atomic E-state index is -0.661. The number of rotatable bonds is 13. The fourth-order valence-corrected chi connectivity index (χ4v) is 4.53. The number of carbonyl (C=O) groups excluding carboxylic acids is 2. The molecule has 1 atom stereocenters. The first-order chi connectivity index (χ1) is 17.0. The van der Waals surface area contributed by atoms with Crippen molar-refractivity contribution in [3.05, 3.63) is 71.3 Å². The van der Waals surface area contributed by atoms with Crippen LogP contribution < -0.4 is 4.74 Å². The lowest BCUT2D eigenvalue weighted by molar-refractivity contribution is -0.140. The third kappa shape index (κ3) is 6.51. The molecular formula is C29H38N2O4. The van der Waals surface area contributed by atoms with E-state index in [-0.39, 0.29) is 11.3 Å². The van der Waals surface area contributed by atoms with E-state index >= 15 is 0 Å². The van der Waals surface area contributed by atoms with Gasteiger partial charge < -0.3 is 19.6 Å². The summed E-state index contributed by atoms with van der Waals surface area (Å²) >= 11 is 0. The topological polar surface area (TPSA) is 70.1 Å². The van der Waals surface area contributed by atoms with E-state index in [1.807, 2.05) is 30.3 Å². The van der Waals surface area contributed by atoms with Crippen molar-refractivity contribution in [3.63, 3.8) is 0 Å². The van der Waals surface area contributed by atoms with Crippen molar-refractivity contribution in [2.75, 3.05) is 32.8 Å². The molecule has 2 aromatic carbocycles. The SMILES string of the molecule is CCCCCOc1cccc([C@H]2C(=C(O)c3ccccc3)C(=O)C(=O)N2CCCN(CC)CC)c1. The van der Waals surface area contributed by atoms with Crippen LogP contribution in [0.2, 0.25) is 0 Å². The summed E-state index contributed by atoms with van der Waals surface area (Å²) in [6, 6.07) is 15.8. The van der Waals surface area contributed by atoms with Crippen LogP contribution in [0, 0.1) is 0 Å². The Morgan fingerprint density at radius 2 is 1.71 bits per heavy atom. The summed E-state index contributed by atoms with van der Waals surface area (Å²) in [4.78, 5) is 30.3. The second kappa shape index (κ2) is 13.1. The number of unbranched alkanes of at least 4 members (excludes halogenated alkanes) is 2. The van der Waals surface area contributed by atoms with Gasteiger partial charge in [-0.2, -0.15) is 0 Å². The molecule has 35 heavy (non-hydrogen) atoms. The van der Waals surface area contributed by atoms with Crippen LogP contribution in [0.1, 0.15) is 63.6 Å². The van der Waals surface area contributed by atoms with E-state index in [1.165, 1.54) is 0 Å². The number of hydrogen-bond donors (Lipinski definition) is 1. The lowest BCUT2D eigenvalue weighted by Crippen LogP contribution is -2.33. The fourth-order valence-electron chi connectivity index (χ4n) is 4.53. The first-order valence-electron chi connectivity index (χ1n) is 12.8. The van der Waals surface area contributed by atoms with Crippen LogP contribution >= 0.6 is 0 Å². The summed E-state index contributed by atoms with van der Waals surface area (Å²) in [5, 5.41) is 11.2. The fraction of sp³-hybridized carbons (Fsp3) is 0.448. The smallest absolute Gasteiger partial charge is 0.295 e. The van der Waals surface area contributed by atoms with E-state index in [1.54, 1.807) is 29.2 Å². The van der Waals surface area contributed by atoms with Crippen molar-refractivity contribution in [1.82, 2.24) is 9.80 Å². The largest absolute Gasteiger partial charge is 0.507 e. The Kier molecular flexibility index (Phi) is 9.91. The number of amides is 1. The first kappa shape index (κ1) is 26.5. The maximum absolute atomic E-state index is 13.2. The zero-order valence-electron chi connectivity index (χ0n) is 21.2. The summed E-state index contributed by atoms with van der Waals surface area (Å²) in [7, 11) is 0. The predicted octanol–water partition coefficient (Wildman–Crippen LogP) is 5.41. The molecule has 1 aliphatic rings. The van der Waals surface area contributed by atoms with Crippen molar-refractivity contribution < 1.29 is 19.4 Å². The standard InChI is InChI=1S/C29H38N2O4/c1-4-7-11-20-35-24-17-12-16-23(21-24)26-25(27(32)22-14-9-8-10-15-22)28(33)29(34)31(26)19-13-18-30(5-2)6-3/h8-10,12,14-17,21,26,32H,4-7,11,13,18-20H2,1-3H3/t26-/m0/s1. The average molecular weight is 479 g/mol. The van der Waals surface area contributed by atoms with Gasteiger partial charge in [0.05, 0.1) is 18.2 Å². The van der Waals surface area contributed by atoms with E-state index in [9.17, 15) is 14.7 Å². The van der Waals surface area contributed by atoms with Crippen LogP contribution in [-0.2, 0) is 9.59 Å². The number of aliphatic hydroxyl groups excluding tert-OH is 1.